The molecule has 0 aliphatic rings. The van der Waals surface area contributed by atoms with Gasteiger partial charge >= 0.3 is 0 Å². The number of nitrogens with zero attached hydrogens (tertiary/aromatic N) is 2. The van der Waals surface area contributed by atoms with E-state index in [9.17, 15) is 4.39 Å². The zero-order valence-corrected chi connectivity index (χ0v) is 16.4. The summed E-state index contributed by atoms with van der Waals surface area (Å²) in [5.74, 6) is 0.642. The fraction of sp³-hybridized carbons (Fsp3) is 0.100. The first kappa shape index (κ1) is 17.5. The molecule has 0 amide bonds. The van der Waals surface area contributed by atoms with E-state index in [2.05, 4.69) is 40.5 Å². The van der Waals surface area contributed by atoms with E-state index in [4.69, 9.17) is 0 Å². The number of halogens is 1. The second-order valence-electron chi connectivity index (χ2n) is 5.65. The monoisotopic (exact) mass is 398 g/mol. The Balaban J connectivity index is 1.59. The maximum absolute atomic E-state index is 13.2. The van der Waals surface area contributed by atoms with Crippen LogP contribution in [0.4, 0.5) is 4.39 Å². The lowest BCUT2D eigenvalue weighted by Crippen LogP contribution is -1.85. The molecule has 0 aliphatic carbocycles. The van der Waals surface area contributed by atoms with Crippen LogP contribution in [0.5, 0.6) is 0 Å². The van der Waals surface area contributed by atoms with Crippen molar-refractivity contribution in [2.24, 2.45) is 0 Å². The van der Waals surface area contributed by atoms with Crippen molar-refractivity contribution in [2.45, 2.75) is 15.7 Å². The van der Waals surface area contributed by atoms with E-state index in [0.717, 1.165) is 31.4 Å². The number of hydrogen-bond donors (Lipinski definition) is 0. The van der Waals surface area contributed by atoms with Gasteiger partial charge in [-0.05, 0) is 47.7 Å². The third-order valence-electron chi connectivity index (χ3n) is 3.94. The first-order chi connectivity index (χ1) is 12.7. The minimum atomic E-state index is -0.224. The predicted octanol–water partition coefficient (Wildman–Crippen LogP) is 6.51. The summed E-state index contributed by atoms with van der Waals surface area (Å²) in [5.41, 5.74) is 3.21. The Morgan fingerprint density at radius 1 is 1.00 bits per heavy atom. The number of thiophene rings is 1. The maximum atomic E-state index is 13.2. The van der Waals surface area contributed by atoms with Crippen LogP contribution in [0, 0.1) is 5.82 Å². The summed E-state index contributed by atoms with van der Waals surface area (Å²) in [6.07, 6.45) is 3.69. The van der Waals surface area contributed by atoms with Gasteiger partial charge in [0, 0.05) is 15.5 Å². The quantitative estimate of drug-likeness (QED) is 0.283. The van der Waals surface area contributed by atoms with Crippen LogP contribution in [0.15, 0.2) is 70.8 Å². The van der Waals surface area contributed by atoms with E-state index in [1.54, 1.807) is 53.3 Å². The van der Waals surface area contributed by atoms with Gasteiger partial charge in [-0.15, -0.1) is 34.9 Å². The van der Waals surface area contributed by atoms with Crippen LogP contribution >= 0.6 is 34.9 Å². The van der Waals surface area contributed by atoms with E-state index < -0.39 is 0 Å². The van der Waals surface area contributed by atoms with Crippen molar-refractivity contribution in [3.63, 3.8) is 0 Å². The molecule has 2 aromatic heterocycles. The summed E-state index contributed by atoms with van der Waals surface area (Å²) in [6, 6.07) is 17.2. The number of rotatable bonds is 5. The number of thioether (sulfide) groups is 2. The highest BCUT2D eigenvalue weighted by Crippen LogP contribution is 2.37. The van der Waals surface area contributed by atoms with Crippen molar-refractivity contribution in [1.29, 1.82) is 0 Å². The minimum absolute atomic E-state index is 0.224. The van der Waals surface area contributed by atoms with E-state index in [0.29, 0.717) is 0 Å². The van der Waals surface area contributed by atoms with Crippen molar-refractivity contribution >= 4 is 45.1 Å². The summed E-state index contributed by atoms with van der Waals surface area (Å²) >= 11 is 5.12. The van der Waals surface area contributed by atoms with Crippen molar-refractivity contribution in [2.75, 3.05) is 6.26 Å². The van der Waals surface area contributed by atoms with Gasteiger partial charge in [0.1, 0.15) is 17.2 Å². The van der Waals surface area contributed by atoms with E-state index in [1.807, 2.05) is 6.07 Å². The van der Waals surface area contributed by atoms with Crippen LogP contribution in [0.1, 0.15) is 5.56 Å². The zero-order chi connectivity index (χ0) is 17.9. The number of benzene rings is 2. The highest BCUT2D eigenvalue weighted by atomic mass is 32.2. The number of hydrogen-bond acceptors (Lipinski definition) is 5. The van der Waals surface area contributed by atoms with E-state index in [1.165, 1.54) is 22.6 Å². The Bertz CT molecular complexity index is 1030. The van der Waals surface area contributed by atoms with Gasteiger partial charge in [-0.25, -0.2) is 14.4 Å². The summed E-state index contributed by atoms with van der Waals surface area (Å²) in [6.45, 7) is 0. The van der Waals surface area contributed by atoms with Crippen LogP contribution < -0.4 is 0 Å². The fourth-order valence-electron chi connectivity index (χ4n) is 2.57. The largest absolute Gasteiger partial charge is 0.235 e. The molecular weight excluding hydrogens is 383 g/mol. The summed E-state index contributed by atoms with van der Waals surface area (Å²) in [7, 11) is 0. The average molecular weight is 399 g/mol. The molecule has 0 atom stereocenters. The maximum Gasteiger partial charge on any atom is 0.123 e. The Morgan fingerprint density at radius 3 is 2.50 bits per heavy atom. The molecule has 6 heteroatoms. The van der Waals surface area contributed by atoms with Gasteiger partial charge in [-0.1, -0.05) is 24.3 Å². The highest BCUT2D eigenvalue weighted by molar-refractivity contribution is 7.99. The lowest BCUT2D eigenvalue weighted by atomic mass is 10.2. The molecule has 2 nitrogen and oxygen atoms in total. The molecule has 0 unspecified atom stereocenters. The molecule has 0 fully saturated rings. The Labute approximate surface area is 163 Å². The molecule has 0 saturated carbocycles. The van der Waals surface area contributed by atoms with Gasteiger partial charge in [0.25, 0.3) is 0 Å². The van der Waals surface area contributed by atoms with E-state index in [-0.39, 0.29) is 5.82 Å². The van der Waals surface area contributed by atoms with Gasteiger partial charge in [-0.2, -0.15) is 0 Å². The molecule has 0 spiro atoms. The summed E-state index contributed by atoms with van der Waals surface area (Å²) in [4.78, 5) is 11.2. The number of fused-ring (bicyclic) bond motifs is 1. The Morgan fingerprint density at radius 2 is 1.77 bits per heavy atom. The topological polar surface area (TPSA) is 25.8 Å². The van der Waals surface area contributed by atoms with Crippen LogP contribution in [0.25, 0.3) is 20.7 Å². The summed E-state index contributed by atoms with van der Waals surface area (Å²) in [5, 5.41) is 0.988. The minimum Gasteiger partial charge on any atom is -0.235 e. The molecule has 4 rings (SSSR count). The van der Waals surface area contributed by atoms with Crippen LogP contribution in [0.3, 0.4) is 0 Å². The second kappa shape index (κ2) is 7.78. The van der Waals surface area contributed by atoms with Crippen LogP contribution in [-0.2, 0) is 5.75 Å². The van der Waals surface area contributed by atoms with Gasteiger partial charge in [0.05, 0.1) is 10.2 Å². The van der Waals surface area contributed by atoms with Gasteiger partial charge < -0.3 is 0 Å². The van der Waals surface area contributed by atoms with Gasteiger partial charge in [0.15, 0.2) is 0 Å². The molecule has 2 heterocycles. The van der Waals surface area contributed by atoms with Crippen LogP contribution in [-0.4, -0.2) is 16.2 Å². The molecule has 0 N–H and O–H groups in total. The lowest BCUT2D eigenvalue weighted by molar-refractivity contribution is 0.628. The molecule has 2 aromatic carbocycles. The first-order valence-electron chi connectivity index (χ1n) is 7.99. The van der Waals surface area contributed by atoms with Gasteiger partial charge in [-0.3, -0.25) is 0 Å². The third-order valence-corrected chi connectivity index (χ3v) is 7.06. The molecule has 0 saturated heterocycles. The average Bonchev–Trinajstić information content (AvgIpc) is 3.12. The van der Waals surface area contributed by atoms with Crippen molar-refractivity contribution in [3.05, 3.63) is 72.3 Å². The second-order valence-corrected chi connectivity index (χ2v) is 8.54. The fourth-order valence-corrected chi connectivity index (χ4v) is 5.13. The summed E-state index contributed by atoms with van der Waals surface area (Å²) < 4.78 is 14.2. The molecule has 0 aliphatic heterocycles. The SMILES string of the molecule is CSc1ccc(CSc2ncnc3cc(-c4ccc(F)cc4)sc23)cc1. The zero-order valence-electron chi connectivity index (χ0n) is 14.0. The molecule has 0 bridgehead atoms. The van der Waals surface area contributed by atoms with Crippen molar-refractivity contribution in [3.8, 4) is 10.4 Å². The predicted molar refractivity (Wildman–Crippen MR) is 111 cm³/mol. The molecular formula is C20H15FN2S3. The smallest absolute Gasteiger partial charge is 0.123 e. The van der Waals surface area contributed by atoms with Crippen LogP contribution in [0.2, 0.25) is 0 Å². The number of aromatic nitrogens is 2. The molecule has 4 aromatic rings. The van der Waals surface area contributed by atoms with Gasteiger partial charge in [0.2, 0.25) is 0 Å². The Kier molecular flexibility index (Phi) is 5.24. The molecule has 0 radical (unpaired) electrons. The standard InChI is InChI=1S/C20H15FN2S3/c1-24-16-8-2-13(3-9-16)11-25-20-19-17(22-12-23-20)10-18(26-19)14-4-6-15(21)7-5-14/h2-10,12H,11H2,1H3. The lowest BCUT2D eigenvalue weighted by Gasteiger charge is -2.03. The highest BCUT2D eigenvalue weighted by Gasteiger charge is 2.11. The third kappa shape index (κ3) is 3.77. The molecule has 130 valence electrons. The van der Waals surface area contributed by atoms with Crippen molar-refractivity contribution in [1.82, 2.24) is 9.97 Å². The Hall–Kier alpha value is -1.89. The van der Waals surface area contributed by atoms with Crippen molar-refractivity contribution < 1.29 is 4.39 Å². The molecule has 26 heavy (non-hydrogen) atoms. The first-order valence-corrected chi connectivity index (χ1v) is 11.0. The normalized spacial score (nSPS) is 11.2. The van der Waals surface area contributed by atoms with E-state index >= 15 is 0 Å².